The first kappa shape index (κ1) is 11.4. The van der Waals surface area contributed by atoms with Gasteiger partial charge in [0.25, 0.3) is 0 Å². The molecule has 0 amide bonds. The minimum Gasteiger partial charge on any atom is -0.497 e. The lowest BCUT2D eigenvalue weighted by molar-refractivity contribution is 0.415. The van der Waals surface area contributed by atoms with Gasteiger partial charge >= 0.3 is 0 Å². The Morgan fingerprint density at radius 1 is 1.27 bits per heavy atom. The Bertz CT molecular complexity index is 363. The SMILES string of the molecule is CCC/C=C\C#Cc1ccc(OC)cc1. The van der Waals surface area contributed by atoms with Crippen molar-refractivity contribution >= 4 is 0 Å². The van der Waals surface area contributed by atoms with Crippen LogP contribution in [0, 0.1) is 11.8 Å². The molecule has 78 valence electrons. The smallest absolute Gasteiger partial charge is 0.118 e. The Morgan fingerprint density at radius 2 is 2.00 bits per heavy atom. The molecule has 0 aliphatic rings. The maximum Gasteiger partial charge on any atom is 0.118 e. The van der Waals surface area contributed by atoms with Crippen molar-refractivity contribution in [3.63, 3.8) is 0 Å². The Morgan fingerprint density at radius 3 is 2.60 bits per heavy atom. The van der Waals surface area contributed by atoms with Crippen molar-refractivity contribution < 1.29 is 4.74 Å². The van der Waals surface area contributed by atoms with Crippen LogP contribution in [-0.2, 0) is 0 Å². The third-order valence-electron chi connectivity index (χ3n) is 1.96. The molecule has 0 unspecified atom stereocenters. The molecular weight excluding hydrogens is 184 g/mol. The van der Waals surface area contributed by atoms with Crippen molar-refractivity contribution in [2.45, 2.75) is 19.8 Å². The highest BCUT2D eigenvalue weighted by Crippen LogP contribution is 2.09. The summed E-state index contributed by atoms with van der Waals surface area (Å²) in [6, 6.07) is 7.75. The van der Waals surface area contributed by atoms with E-state index in [0.717, 1.165) is 17.7 Å². The molecule has 0 atom stereocenters. The van der Waals surface area contributed by atoms with E-state index >= 15 is 0 Å². The number of methoxy groups -OCH3 is 1. The monoisotopic (exact) mass is 200 g/mol. The molecule has 1 heteroatoms. The Balaban J connectivity index is 2.56. The quantitative estimate of drug-likeness (QED) is 0.679. The second-order valence-corrected chi connectivity index (χ2v) is 3.19. The van der Waals surface area contributed by atoms with Crippen molar-refractivity contribution in [3.8, 4) is 17.6 Å². The molecule has 0 bridgehead atoms. The predicted molar refractivity (Wildman–Crippen MR) is 63.9 cm³/mol. The lowest BCUT2D eigenvalue weighted by atomic mass is 10.2. The van der Waals surface area contributed by atoms with Gasteiger partial charge in [0.1, 0.15) is 5.75 Å². The molecule has 0 aromatic heterocycles. The molecule has 15 heavy (non-hydrogen) atoms. The molecule has 0 N–H and O–H groups in total. The standard InChI is InChI=1S/C14H16O/c1-3-4-5-6-7-8-13-9-11-14(15-2)12-10-13/h5-6,9-12H,3-4H2,1-2H3/b6-5-. The number of hydrogen-bond donors (Lipinski definition) is 0. The van der Waals surface area contributed by atoms with Gasteiger partial charge < -0.3 is 4.74 Å². The molecule has 0 saturated carbocycles. The van der Waals surface area contributed by atoms with Crippen molar-refractivity contribution in [3.05, 3.63) is 42.0 Å². The molecule has 0 radical (unpaired) electrons. The van der Waals surface area contributed by atoms with Crippen molar-refractivity contribution in [1.82, 2.24) is 0 Å². The van der Waals surface area contributed by atoms with Crippen LogP contribution in [0.15, 0.2) is 36.4 Å². The van der Waals surface area contributed by atoms with Crippen LogP contribution in [0.1, 0.15) is 25.3 Å². The molecule has 0 saturated heterocycles. The largest absolute Gasteiger partial charge is 0.497 e. The van der Waals surface area contributed by atoms with Crippen LogP contribution in [0.4, 0.5) is 0 Å². The van der Waals surface area contributed by atoms with E-state index in [9.17, 15) is 0 Å². The van der Waals surface area contributed by atoms with Gasteiger partial charge in [-0.1, -0.05) is 31.3 Å². The summed E-state index contributed by atoms with van der Waals surface area (Å²) in [5, 5.41) is 0. The van der Waals surface area contributed by atoms with Crippen LogP contribution in [-0.4, -0.2) is 7.11 Å². The average Bonchev–Trinajstić information content (AvgIpc) is 2.30. The summed E-state index contributed by atoms with van der Waals surface area (Å²) in [7, 11) is 1.66. The molecule has 1 aromatic carbocycles. The van der Waals surface area contributed by atoms with Gasteiger partial charge in [0.15, 0.2) is 0 Å². The van der Waals surface area contributed by atoms with Gasteiger partial charge in [-0.3, -0.25) is 0 Å². The molecule has 0 fully saturated rings. The molecule has 1 nitrogen and oxygen atoms in total. The molecular formula is C14H16O. The molecule has 0 heterocycles. The zero-order valence-electron chi connectivity index (χ0n) is 9.29. The van der Waals surface area contributed by atoms with E-state index in [1.807, 2.05) is 30.3 Å². The summed E-state index contributed by atoms with van der Waals surface area (Å²) in [5.41, 5.74) is 1.01. The van der Waals surface area contributed by atoms with Gasteiger partial charge in [0.05, 0.1) is 7.11 Å². The van der Waals surface area contributed by atoms with E-state index in [1.165, 1.54) is 6.42 Å². The average molecular weight is 200 g/mol. The van der Waals surface area contributed by atoms with E-state index in [1.54, 1.807) is 7.11 Å². The van der Waals surface area contributed by atoms with Gasteiger partial charge in [-0.05, 0) is 36.8 Å². The predicted octanol–water partition coefficient (Wildman–Crippen LogP) is 3.40. The van der Waals surface area contributed by atoms with E-state index < -0.39 is 0 Å². The second-order valence-electron chi connectivity index (χ2n) is 3.19. The van der Waals surface area contributed by atoms with Crippen LogP contribution in [0.25, 0.3) is 0 Å². The zero-order valence-corrected chi connectivity index (χ0v) is 9.29. The molecule has 0 aliphatic carbocycles. The third kappa shape index (κ3) is 4.37. The fourth-order valence-corrected chi connectivity index (χ4v) is 1.11. The summed E-state index contributed by atoms with van der Waals surface area (Å²) in [5.74, 6) is 6.93. The van der Waals surface area contributed by atoms with E-state index in [0.29, 0.717) is 0 Å². The van der Waals surface area contributed by atoms with Gasteiger partial charge in [0, 0.05) is 5.56 Å². The third-order valence-corrected chi connectivity index (χ3v) is 1.96. The lowest BCUT2D eigenvalue weighted by Gasteiger charge is -1.97. The Labute approximate surface area is 91.8 Å². The highest BCUT2D eigenvalue weighted by atomic mass is 16.5. The fourth-order valence-electron chi connectivity index (χ4n) is 1.11. The number of allylic oxidation sites excluding steroid dienone is 2. The van der Waals surface area contributed by atoms with Gasteiger partial charge in [-0.15, -0.1) is 0 Å². The van der Waals surface area contributed by atoms with Crippen LogP contribution >= 0.6 is 0 Å². The topological polar surface area (TPSA) is 9.23 Å². The van der Waals surface area contributed by atoms with Crippen LogP contribution in [0.3, 0.4) is 0 Å². The van der Waals surface area contributed by atoms with Crippen LogP contribution < -0.4 is 4.74 Å². The van der Waals surface area contributed by atoms with Crippen molar-refractivity contribution in [2.75, 3.05) is 7.11 Å². The molecule has 0 spiro atoms. The number of hydrogen-bond acceptors (Lipinski definition) is 1. The number of unbranched alkanes of at least 4 members (excludes halogenated alkanes) is 1. The molecule has 1 rings (SSSR count). The fraction of sp³-hybridized carbons (Fsp3) is 0.286. The van der Waals surface area contributed by atoms with Crippen LogP contribution in [0.2, 0.25) is 0 Å². The van der Waals surface area contributed by atoms with Gasteiger partial charge in [-0.2, -0.15) is 0 Å². The second kappa shape index (κ2) is 6.73. The summed E-state index contributed by atoms with van der Waals surface area (Å²) < 4.78 is 5.06. The number of ether oxygens (including phenoxy) is 1. The summed E-state index contributed by atoms with van der Waals surface area (Å²) in [6.45, 7) is 2.15. The summed E-state index contributed by atoms with van der Waals surface area (Å²) >= 11 is 0. The summed E-state index contributed by atoms with van der Waals surface area (Å²) in [4.78, 5) is 0. The normalized spacial score (nSPS) is 9.73. The Kier molecular flexibility index (Phi) is 5.11. The first-order chi connectivity index (χ1) is 7.36. The van der Waals surface area contributed by atoms with Gasteiger partial charge in [0.2, 0.25) is 0 Å². The van der Waals surface area contributed by atoms with Crippen molar-refractivity contribution in [2.24, 2.45) is 0 Å². The van der Waals surface area contributed by atoms with E-state index in [4.69, 9.17) is 4.74 Å². The Hall–Kier alpha value is -1.68. The highest BCUT2D eigenvalue weighted by molar-refractivity contribution is 5.39. The van der Waals surface area contributed by atoms with Crippen molar-refractivity contribution in [1.29, 1.82) is 0 Å². The highest BCUT2D eigenvalue weighted by Gasteiger charge is 1.88. The zero-order chi connectivity index (χ0) is 10.9. The van der Waals surface area contributed by atoms with Crippen LogP contribution in [0.5, 0.6) is 5.75 Å². The summed E-state index contributed by atoms with van der Waals surface area (Å²) in [6.07, 6.45) is 6.27. The van der Waals surface area contributed by atoms with E-state index in [2.05, 4.69) is 24.8 Å². The maximum atomic E-state index is 5.06. The van der Waals surface area contributed by atoms with E-state index in [-0.39, 0.29) is 0 Å². The minimum atomic E-state index is 0.863. The number of rotatable bonds is 3. The lowest BCUT2D eigenvalue weighted by Crippen LogP contribution is -1.81. The van der Waals surface area contributed by atoms with Gasteiger partial charge in [-0.25, -0.2) is 0 Å². The maximum absolute atomic E-state index is 5.06. The molecule has 1 aromatic rings. The molecule has 0 aliphatic heterocycles. The first-order valence-corrected chi connectivity index (χ1v) is 5.17. The minimum absolute atomic E-state index is 0.863. The number of benzene rings is 1. The first-order valence-electron chi connectivity index (χ1n) is 5.17.